The second-order valence-corrected chi connectivity index (χ2v) is 5.11. The van der Waals surface area contributed by atoms with Gasteiger partial charge in [0.25, 0.3) is 0 Å². The summed E-state index contributed by atoms with van der Waals surface area (Å²) in [6, 6.07) is 5.09. The van der Waals surface area contributed by atoms with Gasteiger partial charge in [-0.05, 0) is 24.5 Å². The first-order valence-electron chi connectivity index (χ1n) is 7.72. The van der Waals surface area contributed by atoms with Crippen LogP contribution in [0.3, 0.4) is 0 Å². The number of ether oxygens (including phenoxy) is 2. The quantitative estimate of drug-likeness (QED) is 0.483. The summed E-state index contributed by atoms with van der Waals surface area (Å²) in [6.07, 6.45) is 4.36. The Bertz CT molecular complexity index is 436. The maximum absolute atomic E-state index is 12.2. The number of hydrogen-bond donors (Lipinski definition) is 0. The maximum atomic E-state index is 12.2. The van der Waals surface area contributed by atoms with E-state index in [4.69, 9.17) is 19.2 Å². The van der Waals surface area contributed by atoms with Gasteiger partial charge in [0.2, 0.25) is 0 Å². The highest BCUT2D eigenvalue weighted by Gasteiger charge is 2.21. The minimum atomic E-state index is -0.611. The topological polar surface area (TPSA) is 54.0 Å². The zero-order valence-corrected chi connectivity index (χ0v) is 13.9. The van der Waals surface area contributed by atoms with Gasteiger partial charge in [-0.25, -0.2) is 4.79 Å². The molecule has 0 aromatic heterocycles. The largest absolute Gasteiger partial charge is 0.496 e. The van der Waals surface area contributed by atoms with Crippen LogP contribution in [-0.2, 0) is 9.78 Å². The summed E-state index contributed by atoms with van der Waals surface area (Å²) in [5.74, 6) is 0.573. The highest BCUT2D eigenvalue weighted by molar-refractivity contribution is 5.95. The Balaban J connectivity index is 2.62. The van der Waals surface area contributed by atoms with Gasteiger partial charge in [-0.15, -0.1) is 0 Å². The number of carbonyl (C=O) groups excluding carboxylic acids is 1. The Kier molecular flexibility index (Phi) is 8.36. The minimum absolute atomic E-state index is 0.231. The molecule has 0 aliphatic rings. The summed E-state index contributed by atoms with van der Waals surface area (Å²) in [4.78, 5) is 22.2. The monoisotopic (exact) mass is 310 g/mol. The van der Waals surface area contributed by atoms with Crippen molar-refractivity contribution in [3.63, 3.8) is 0 Å². The fourth-order valence-corrected chi connectivity index (χ4v) is 2.18. The van der Waals surface area contributed by atoms with Crippen molar-refractivity contribution in [2.75, 3.05) is 20.8 Å². The molecule has 1 rings (SSSR count). The molecule has 5 nitrogen and oxygen atoms in total. The Morgan fingerprint density at radius 3 is 2.27 bits per heavy atom. The lowest BCUT2D eigenvalue weighted by Crippen LogP contribution is -2.14. The molecule has 124 valence electrons. The van der Waals surface area contributed by atoms with Crippen LogP contribution in [0.1, 0.15) is 49.9 Å². The zero-order valence-electron chi connectivity index (χ0n) is 13.9. The van der Waals surface area contributed by atoms with Crippen LogP contribution in [0.2, 0.25) is 0 Å². The van der Waals surface area contributed by atoms with Crippen LogP contribution in [0.5, 0.6) is 11.5 Å². The smallest absolute Gasteiger partial charge is 0.380 e. The van der Waals surface area contributed by atoms with E-state index in [2.05, 4.69) is 13.8 Å². The van der Waals surface area contributed by atoms with Gasteiger partial charge in [-0.2, -0.15) is 4.89 Å². The predicted octanol–water partition coefficient (Wildman–Crippen LogP) is 4.01. The van der Waals surface area contributed by atoms with Crippen LogP contribution in [0.4, 0.5) is 0 Å². The fourth-order valence-electron chi connectivity index (χ4n) is 2.18. The summed E-state index contributed by atoms with van der Waals surface area (Å²) in [6.45, 7) is 4.66. The number of carbonyl (C=O) groups is 1. The number of unbranched alkanes of at least 4 members (excludes halogenated alkanes) is 1. The lowest BCUT2D eigenvalue weighted by Gasteiger charge is -2.14. The third kappa shape index (κ3) is 5.22. The van der Waals surface area contributed by atoms with Gasteiger partial charge >= 0.3 is 5.97 Å². The van der Waals surface area contributed by atoms with Crippen molar-refractivity contribution in [2.45, 2.75) is 39.5 Å². The summed E-state index contributed by atoms with van der Waals surface area (Å²) in [5.41, 5.74) is 0.231. The molecule has 0 amide bonds. The zero-order chi connectivity index (χ0) is 16.4. The molecule has 0 aliphatic heterocycles. The van der Waals surface area contributed by atoms with Crippen molar-refractivity contribution in [2.24, 2.45) is 5.92 Å². The number of rotatable bonds is 10. The third-order valence-electron chi connectivity index (χ3n) is 3.61. The molecule has 1 aromatic carbocycles. The van der Waals surface area contributed by atoms with E-state index in [0.717, 1.165) is 25.7 Å². The molecule has 0 aliphatic carbocycles. The molecule has 0 heterocycles. The van der Waals surface area contributed by atoms with E-state index in [9.17, 15) is 4.79 Å². The normalized spacial score (nSPS) is 11.8. The standard InChI is InChI=1S/C17H26O5/c1-5-7-9-13(6-2)12-21-22-17(18)16-14(19-3)10-8-11-15(16)20-4/h8,10-11,13H,5-7,9,12H2,1-4H3. The number of hydrogen-bond acceptors (Lipinski definition) is 5. The van der Waals surface area contributed by atoms with Crippen molar-refractivity contribution >= 4 is 5.97 Å². The van der Waals surface area contributed by atoms with Crippen LogP contribution in [-0.4, -0.2) is 26.8 Å². The maximum Gasteiger partial charge on any atom is 0.380 e. The van der Waals surface area contributed by atoms with E-state index in [1.54, 1.807) is 18.2 Å². The lowest BCUT2D eigenvalue weighted by atomic mass is 10.0. The fraction of sp³-hybridized carbons (Fsp3) is 0.588. The van der Waals surface area contributed by atoms with E-state index < -0.39 is 5.97 Å². The average molecular weight is 310 g/mol. The van der Waals surface area contributed by atoms with E-state index in [0.29, 0.717) is 24.0 Å². The second kappa shape index (κ2) is 10.1. The molecule has 0 fully saturated rings. The molecule has 0 N–H and O–H groups in total. The third-order valence-corrected chi connectivity index (χ3v) is 3.61. The molecule has 5 heteroatoms. The van der Waals surface area contributed by atoms with Gasteiger partial charge in [-0.1, -0.05) is 39.2 Å². The van der Waals surface area contributed by atoms with E-state index in [-0.39, 0.29) is 5.56 Å². The average Bonchev–Trinajstić information content (AvgIpc) is 2.56. The van der Waals surface area contributed by atoms with Crippen molar-refractivity contribution in [3.8, 4) is 11.5 Å². The summed E-state index contributed by atoms with van der Waals surface area (Å²) >= 11 is 0. The van der Waals surface area contributed by atoms with Crippen LogP contribution in [0.25, 0.3) is 0 Å². The minimum Gasteiger partial charge on any atom is -0.496 e. The molecule has 0 radical (unpaired) electrons. The first-order chi connectivity index (χ1) is 10.7. The van der Waals surface area contributed by atoms with Gasteiger partial charge in [0.1, 0.15) is 17.1 Å². The Labute approximate surface area is 132 Å². The predicted molar refractivity (Wildman–Crippen MR) is 84.2 cm³/mol. The van der Waals surface area contributed by atoms with E-state index in [1.807, 2.05) is 0 Å². The molecule has 22 heavy (non-hydrogen) atoms. The highest BCUT2D eigenvalue weighted by atomic mass is 17.2. The molecule has 0 saturated carbocycles. The van der Waals surface area contributed by atoms with Crippen LogP contribution >= 0.6 is 0 Å². The molecular formula is C17H26O5. The lowest BCUT2D eigenvalue weighted by molar-refractivity contribution is -0.249. The van der Waals surface area contributed by atoms with Gasteiger partial charge in [0, 0.05) is 0 Å². The summed E-state index contributed by atoms with van der Waals surface area (Å²) in [5, 5.41) is 0. The first-order valence-corrected chi connectivity index (χ1v) is 7.72. The van der Waals surface area contributed by atoms with Crippen LogP contribution < -0.4 is 9.47 Å². The Morgan fingerprint density at radius 1 is 1.14 bits per heavy atom. The molecule has 0 saturated heterocycles. The summed E-state index contributed by atoms with van der Waals surface area (Å²) in [7, 11) is 2.98. The van der Waals surface area contributed by atoms with E-state index >= 15 is 0 Å². The molecule has 1 unspecified atom stereocenters. The van der Waals surface area contributed by atoms with Crippen molar-refractivity contribution < 1.29 is 24.0 Å². The molecule has 0 spiro atoms. The van der Waals surface area contributed by atoms with Gasteiger partial charge in [0.15, 0.2) is 0 Å². The van der Waals surface area contributed by atoms with Crippen LogP contribution in [0.15, 0.2) is 18.2 Å². The van der Waals surface area contributed by atoms with Gasteiger partial charge in [0.05, 0.1) is 20.8 Å². The van der Waals surface area contributed by atoms with Crippen molar-refractivity contribution in [1.29, 1.82) is 0 Å². The Hall–Kier alpha value is -1.75. The molecule has 1 aromatic rings. The molecule has 0 bridgehead atoms. The molecular weight excluding hydrogens is 284 g/mol. The van der Waals surface area contributed by atoms with Crippen molar-refractivity contribution in [1.82, 2.24) is 0 Å². The van der Waals surface area contributed by atoms with Crippen molar-refractivity contribution in [3.05, 3.63) is 23.8 Å². The summed E-state index contributed by atoms with van der Waals surface area (Å²) < 4.78 is 10.3. The van der Waals surface area contributed by atoms with Gasteiger partial charge < -0.3 is 9.47 Å². The Morgan fingerprint density at radius 2 is 1.77 bits per heavy atom. The number of methoxy groups -OCH3 is 2. The highest BCUT2D eigenvalue weighted by Crippen LogP contribution is 2.29. The number of benzene rings is 1. The van der Waals surface area contributed by atoms with Gasteiger partial charge in [-0.3, -0.25) is 4.89 Å². The van der Waals surface area contributed by atoms with E-state index in [1.165, 1.54) is 14.2 Å². The SMILES string of the molecule is CCCCC(CC)COOC(=O)c1c(OC)cccc1OC. The first kappa shape index (κ1) is 18.3. The molecule has 1 atom stereocenters. The second-order valence-electron chi connectivity index (χ2n) is 5.11. The van der Waals surface area contributed by atoms with Crippen LogP contribution in [0, 0.1) is 5.92 Å².